The third-order valence-corrected chi connectivity index (χ3v) is 3.04. The molecule has 0 unspecified atom stereocenters. The minimum Gasteiger partial charge on any atom is -0.300 e. The van der Waals surface area contributed by atoms with Crippen molar-refractivity contribution in [2.75, 3.05) is 0 Å². The number of Topliss-reactive ketones (excluding diaryl/α,β-unsaturated/α-hetero) is 3. The lowest BCUT2D eigenvalue weighted by Crippen LogP contribution is -1.99. The summed E-state index contributed by atoms with van der Waals surface area (Å²) in [7, 11) is 0. The zero-order valence-electron chi connectivity index (χ0n) is 11.8. The van der Waals surface area contributed by atoms with Gasteiger partial charge < -0.3 is 4.79 Å². The first-order chi connectivity index (χ1) is 8.56. The van der Waals surface area contributed by atoms with Gasteiger partial charge in [0.1, 0.15) is 17.3 Å². The van der Waals surface area contributed by atoms with Crippen molar-refractivity contribution in [1.82, 2.24) is 0 Å². The second-order valence-electron chi connectivity index (χ2n) is 4.90. The van der Waals surface area contributed by atoms with E-state index in [0.717, 1.165) is 32.1 Å². The summed E-state index contributed by atoms with van der Waals surface area (Å²) in [6.07, 6.45) is 7.50. The SMILES string of the molecule is CCC(=O)CCCCCC(=O)CCCCC(C)=O. The summed E-state index contributed by atoms with van der Waals surface area (Å²) < 4.78 is 0. The summed E-state index contributed by atoms with van der Waals surface area (Å²) in [5.74, 6) is 0.800. The van der Waals surface area contributed by atoms with Crippen LogP contribution in [0.4, 0.5) is 0 Å². The van der Waals surface area contributed by atoms with E-state index in [0.29, 0.717) is 43.7 Å². The molecule has 0 radical (unpaired) electrons. The highest BCUT2D eigenvalue weighted by Crippen LogP contribution is 2.08. The molecule has 0 aromatic carbocycles. The summed E-state index contributed by atoms with van der Waals surface area (Å²) in [6, 6.07) is 0. The summed E-state index contributed by atoms with van der Waals surface area (Å²) in [6.45, 7) is 3.46. The molecule has 0 saturated heterocycles. The Morgan fingerprint density at radius 1 is 0.667 bits per heavy atom. The van der Waals surface area contributed by atoms with Crippen molar-refractivity contribution >= 4 is 17.3 Å². The van der Waals surface area contributed by atoms with Gasteiger partial charge in [-0.05, 0) is 32.6 Å². The van der Waals surface area contributed by atoms with Crippen LogP contribution in [0.15, 0.2) is 0 Å². The number of carbonyl (C=O) groups excluding carboxylic acids is 3. The fourth-order valence-corrected chi connectivity index (χ4v) is 1.82. The first-order valence-electron chi connectivity index (χ1n) is 7.09. The molecule has 0 spiro atoms. The molecule has 0 aliphatic rings. The normalized spacial score (nSPS) is 10.3. The van der Waals surface area contributed by atoms with Crippen molar-refractivity contribution in [1.29, 1.82) is 0 Å². The van der Waals surface area contributed by atoms with Crippen molar-refractivity contribution in [2.45, 2.75) is 78.1 Å². The molecule has 18 heavy (non-hydrogen) atoms. The summed E-state index contributed by atoms with van der Waals surface area (Å²) in [4.78, 5) is 33.2. The van der Waals surface area contributed by atoms with Gasteiger partial charge in [0.15, 0.2) is 0 Å². The van der Waals surface area contributed by atoms with Crippen molar-refractivity contribution in [3.63, 3.8) is 0 Å². The average molecular weight is 254 g/mol. The van der Waals surface area contributed by atoms with E-state index >= 15 is 0 Å². The molecular weight excluding hydrogens is 228 g/mol. The van der Waals surface area contributed by atoms with E-state index in [1.165, 1.54) is 0 Å². The molecule has 0 aromatic rings. The van der Waals surface area contributed by atoms with E-state index in [1.807, 2.05) is 6.92 Å². The molecule has 0 rings (SSSR count). The molecule has 0 aromatic heterocycles. The summed E-state index contributed by atoms with van der Waals surface area (Å²) >= 11 is 0. The third kappa shape index (κ3) is 11.5. The largest absolute Gasteiger partial charge is 0.300 e. The van der Waals surface area contributed by atoms with Gasteiger partial charge in [0, 0.05) is 32.1 Å². The van der Waals surface area contributed by atoms with Gasteiger partial charge in [0.2, 0.25) is 0 Å². The van der Waals surface area contributed by atoms with Crippen LogP contribution in [0.1, 0.15) is 78.1 Å². The van der Waals surface area contributed by atoms with Crippen LogP contribution in [0.2, 0.25) is 0 Å². The van der Waals surface area contributed by atoms with Gasteiger partial charge in [-0.25, -0.2) is 0 Å². The Hall–Kier alpha value is -0.990. The highest BCUT2D eigenvalue weighted by molar-refractivity contribution is 5.79. The lowest BCUT2D eigenvalue weighted by atomic mass is 10.0. The monoisotopic (exact) mass is 254 g/mol. The molecule has 0 aliphatic heterocycles. The van der Waals surface area contributed by atoms with Crippen molar-refractivity contribution in [3.8, 4) is 0 Å². The predicted octanol–water partition coefficient (Wildman–Crippen LogP) is 3.63. The van der Waals surface area contributed by atoms with Crippen LogP contribution < -0.4 is 0 Å². The van der Waals surface area contributed by atoms with Crippen LogP contribution in [-0.2, 0) is 14.4 Å². The summed E-state index contributed by atoms with van der Waals surface area (Å²) in [5, 5.41) is 0. The van der Waals surface area contributed by atoms with E-state index < -0.39 is 0 Å². The standard InChI is InChI=1S/C15H26O3/c1-3-14(17)10-5-4-6-11-15(18)12-8-7-9-13(2)16/h3-12H2,1-2H3. The minimum absolute atomic E-state index is 0.197. The molecule has 0 aliphatic carbocycles. The predicted molar refractivity (Wildman–Crippen MR) is 72.5 cm³/mol. The maximum absolute atomic E-state index is 11.5. The Morgan fingerprint density at radius 2 is 1.11 bits per heavy atom. The molecule has 104 valence electrons. The van der Waals surface area contributed by atoms with E-state index in [2.05, 4.69) is 0 Å². The molecule has 0 heterocycles. The van der Waals surface area contributed by atoms with Crippen LogP contribution in [-0.4, -0.2) is 17.3 Å². The van der Waals surface area contributed by atoms with Gasteiger partial charge in [0.05, 0.1) is 0 Å². The topological polar surface area (TPSA) is 51.2 Å². The first kappa shape index (κ1) is 17.0. The van der Waals surface area contributed by atoms with Crippen LogP contribution in [0, 0.1) is 0 Å². The zero-order valence-corrected chi connectivity index (χ0v) is 11.8. The van der Waals surface area contributed by atoms with Crippen molar-refractivity contribution < 1.29 is 14.4 Å². The number of ketones is 3. The molecule has 0 N–H and O–H groups in total. The van der Waals surface area contributed by atoms with Gasteiger partial charge in [-0.2, -0.15) is 0 Å². The number of rotatable bonds is 12. The van der Waals surface area contributed by atoms with E-state index in [4.69, 9.17) is 0 Å². The van der Waals surface area contributed by atoms with Crippen molar-refractivity contribution in [3.05, 3.63) is 0 Å². The Bertz CT molecular complexity index is 269. The van der Waals surface area contributed by atoms with Crippen molar-refractivity contribution in [2.24, 2.45) is 0 Å². The van der Waals surface area contributed by atoms with Gasteiger partial charge in [0.25, 0.3) is 0 Å². The Morgan fingerprint density at radius 3 is 1.61 bits per heavy atom. The van der Waals surface area contributed by atoms with Gasteiger partial charge in [-0.3, -0.25) is 9.59 Å². The number of hydrogen-bond donors (Lipinski definition) is 0. The smallest absolute Gasteiger partial charge is 0.132 e. The Labute approximate surface area is 110 Å². The zero-order chi connectivity index (χ0) is 13.8. The maximum atomic E-state index is 11.5. The van der Waals surface area contributed by atoms with Crippen LogP contribution >= 0.6 is 0 Å². The highest BCUT2D eigenvalue weighted by atomic mass is 16.1. The van der Waals surface area contributed by atoms with E-state index in [-0.39, 0.29) is 5.78 Å². The van der Waals surface area contributed by atoms with Crippen LogP contribution in [0.3, 0.4) is 0 Å². The van der Waals surface area contributed by atoms with Gasteiger partial charge in [-0.15, -0.1) is 0 Å². The Kier molecular flexibility index (Phi) is 10.5. The molecular formula is C15H26O3. The lowest BCUT2D eigenvalue weighted by Gasteiger charge is -2.01. The molecule has 3 heteroatoms. The average Bonchev–Trinajstić information content (AvgIpc) is 2.33. The molecule has 0 amide bonds. The third-order valence-electron chi connectivity index (χ3n) is 3.04. The van der Waals surface area contributed by atoms with Gasteiger partial charge in [-0.1, -0.05) is 13.3 Å². The van der Waals surface area contributed by atoms with Gasteiger partial charge >= 0.3 is 0 Å². The second-order valence-corrected chi connectivity index (χ2v) is 4.90. The first-order valence-corrected chi connectivity index (χ1v) is 7.09. The number of carbonyl (C=O) groups is 3. The fourth-order valence-electron chi connectivity index (χ4n) is 1.82. The Balaban J connectivity index is 3.32. The number of unbranched alkanes of at least 4 members (excludes halogenated alkanes) is 3. The van der Waals surface area contributed by atoms with E-state index in [1.54, 1.807) is 6.92 Å². The molecule has 0 atom stereocenters. The maximum Gasteiger partial charge on any atom is 0.132 e. The van der Waals surface area contributed by atoms with Crippen LogP contribution in [0.5, 0.6) is 0 Å². The lowest BCUT2D eigenvalue weighted by molar-refractivity contribution is -0.120. The molecule has 0 fully saturated rings. The molecule has 0 saturated carbocycles. The minimum atomic E-state index is 0.197. The van der Waals surface area contributed by atoms with E-state index in [9.17, 15) is 14.4 Å². The molecule has 0 bridgehead atoms. The summed E-state index contributed by atoms with van der Waals surface area (Å²) in [5.41, 5.74) is 0. The number of hydrogen-bond acceptors (Lipinski definition) is 3. The van der Waals surface area contributed by atoms with Crippen LogP contribution in [0.25, 0.3) is 0 Å². The quantitative estimate of drug-likeness (QED) is 0.500. The second kappa shape index (κ2) is 11.1. The highest BCUT2D eigenvalue weighted by Gasteiger charge is 2.03. The molecule has 3 nitrogen and oxygen atoms in total. The fraction of sp³-hybridized carbons (Fsp3) is 0.800.